The highest BCUT2D eigenvalue weighted by atomic mass is 19.1. The number of anilines is 1. The Morgan fingerprint density at radius 3 is 2.40 bits per heavy atom. The van der Waals surface area contributed by atoms with Crippen LogP contribution in [0.15, 0.2) is 24.7 Å². The predicted molar refractivity (Wildman–Crippen MR) is 128 cm³/mol. The van der Waals surface area contributed by atoms with E-state index in [1.807, 2.05) is 6.92 Å². The van der Waals surface area contributed by atoms with Gasteiger partial charge >= 0.3 is 6.09 Å². The van der Waals surface area contributed by atoms with E-state index in [4.69, 9.17) is 9.47 Å². The van der Waals surface area contributed by atoms with Gasteiger partial charge in [-0.25, -0.2) is 14.2 Å². The van der Waals surface area contributed by atoms with Crippen LogP contribution in [0.25, 0.3) is 0 Å². The van der Waals surface area contributed by atoms with Gasteiger partial charge in [0, 0.05) is 11.8 Å². The molecule has 2 aliphatic carbocycles. The van der Waals surface area contributed by atoms with E-state index >= 15 is 0 Å². The number of pyridine rings is 1. The largest absolute Gasteiger partial charge is 0.481 e. The van der Waals surface area contributed by atoms with E-state index in [-0.39, 0.29) is 17.9 Å². The van der Waals surface area contributed by atoms with Crippen molar-refractivity contribution in [2.45, 2.75) is 71.1 Å². The number of nitrogens with one attached hydrogen (secondary N) is 2. The first-order valence-electron chi connectivity index (χ1n) is 12.1. The van der Waals surface area contributed by atoms with Gasteiger partial charge in [0.15, 0.2) is 0 Å². The summed E-state index contributed by atoms with van der Waals surface area (Å²) < 4.78 is 26.1. The maximum Gasteiger partial charge on any atom is 0.408 e. The van der Waals surface area contributed by atoms with Gasteiger partial charge in [-0.15, -0.1) is 0 Å². The van der Waals surface area contributed by atoms with Crippen LogP contribution in [0.1, 0.15) is 65.0 Å². The molecule has 4 rings (SSSR count). The Morgan fingerprint density at radius 1 is 1.17 bits per heavy atom. The van der Waals surface area contributed by atoms with Gasteiger partial charge in [0.1, 0.15) is 17.5 Å². The minimum absolute atomic E-state index is 0.0825. The van der Waals surface area contributed by atoms with Gasteiger partial charge in [-0.05, 0) is 77.2 Å². The molecule has 2 aliphatic rings. The predicted octanol–water partition coefficient (Wildman–Crippen LogP) is 4.30. The summed E-state index contributed by atoms with van der Waals surface area (Å²) in [6.07, 6.45) is 7.97. The summed E-state index contributed by atoms with van der Waals surface area (Å²) in [4.78, 5) is 30.0. The molecule has 2 aromatic heterocycles. The summed E-state index contributed by atoms with van der Waals surface area (Å²) >= 11 is 0. The molecule has 2 amide bonds. The molecule has 2 saturated carbocycles. The minimum Gasteiger partial charge on any atom is -0.481 e. The van der Waals surface area contributed by atoms with E-state index in [2.05, 4.69) is 20.7 Å². The van der Waals surface area contributed by atoms with E-state index in [0.29, 0.717) is 29.0 Å². The van der Waals surface area contributed by atoms with Gasteiger partial charge in [0.2, 0.25) is 11.8 Å². The summed E-state index contributed by atoms with van der Waals surface area (Å²) in [5.41, 5.74) is 0.344. The van der Waals surface area contributed by atoms with E-state index in [9.17, 15) is 14.0 Å². The summed E-state index contributed by atoms with van der Waals surface area (Å²) in [5.74, 6) is 0.484. The Hall–Kier alpha value is -3.17. The van der Waals surface area contributed by atoms with Gasteiger partial charge in [-0.3, -0.25) is 9.48 Å². The lowest BCUT2D eigenvalue weighted by Gasteiger charge is -2.28. The number of nitrogens with zero attached hydrogens (tertiary/aromatic N) is 3. The molecule has 9 nitrogen and oxygen atoms in total. The number of methoxy groups -OCH3 is 1. The van der Waals surface area contributed by atoms with E-state index in [0.717, 1.165) is 31.9 Å². The molecule has 2 heterocycles. The molecule has 0 saturated heterocycles. The molecule has 35 heavy (non-hydrogen) atoms. The van der Waals surface area contributed by atoms with E-state index in [1.54, 1.807) is 31.6 Å². The molecule has 0 aliphatic heterocycles. The summed E-state index contributed by atoms with van der Waals surface area (Å²) in [6, 6.07) is 0.269. The zero-order valence-electron chi connectivity index (χ0n) is 20.9. The van der Waals surface area contributed by atoms with Crippen LogP contribution in [0.2, 0.25) is 0 Å². The van der Waals surface area contributed by atoms with Crippen LogP contribution in [0, 0.1) is 23.6 Å². The van der Waals surface area contributed by atoms with Gasteiger partial charge < -0.3 is 20.1 Å². The van der Waals surface area contributed by atoms with E-state index < -0.39 is 23.6 Å². The van der Waals surface area contributed by atoms with Crippen molar-refractivity contribution < 1.29 is 23.5 Å². The number of carbonyl (C=O) groups excluding carboxylic acids is 2. The third-order valence-electron chi connectivity index (χ3n) is 6.43. The van der Waals surface area contributed by atoms with Crippen LogP contribution >= 0.6 is 0 Å². The highest BCUT2D eigenvalue weighted by Gasteiger charge is 2.48. The van der Waals surface area contributed by atoms with Crippen LogP contribution in [0.3, 0.4) is 0 Å². The van der Waals surface area contributed by atoms with Crippen molar-refractivity contribution in [1.82, 2.24) is 20.1 Å². The number of rotatable bonds is 9. The summed E-state index contributed by atoms with van der Waals surface area (Å²) in [5, 5.41) is 10.1. The molecule has 10 heteroatoms. The smallest absolute Gasteiger partial charge is 0.408 e. The average molecular weight is 488 g/mol. The average Bonchev–Trinajstić information content (AvgIpc) is 3.72. The van der Waals surface area contributed by atoms with Crippen molar-refractivity contribution in [1.29, 1.82) is 0 Å². The monoisotopic (exact) mass is 487 g/mol. The fourth-order valence-corrected chi connectivity index (χ4v) is 4.55. The standard InChI is InChI=1S/C25H34FN5O4/c1-14(19-10-17(26)11-27-23(19)34-5)31-13-18(12-28-31)29-22(32)21(30-24(33)35-25(2,3)4)20(15-6-7-15)16-8-9-16/h10-16,20-21H,6-9H2,1-5H3,(H,29,32)(H,30,33)/t14-,21-/m0/s1. The molecule has 2 N–H and O–H groups in total. The molecule has 2 fully saturated rings. The Labute approximate surface area is 204 Å². The van der Waals surface area contributed by atoms with Gasteiger partial charge in [0.25, 0.3) is 0 Å². The Bertz CT molecular complexity index is 1060. The summed E-state index contributed by atoms with van der Waals surface area (Å²) in [6.45, 7) is 7.21. The van der Waals surface area contributed by atoms with Crippen molar-refractivity contribution in [3.05, 3.63) is 36.0 Å². The molecular formula is C25H34FN5O4. The molecule has 0 aromatic carbocycles. The fraction of sp³-hybridized carbons (Fsp3) is 0.600. The maximum absolute atomic E-state index is 13.8. The Kier molecular flexibility index (Phi) is 7.00. The molecule has 0 spiro atoms. The second-order valence-electron chi connectivity index (χ2n) is 10.5. The second kappa shape index (κ2) is 9.83. The molecular weight excluding hydrogens is 453 g/mol. The summed E-state index contributed by atoms with van der Waals surface area (Å²) in [7, 11) is 1.47. The number of amides is 2. The SMILES string of the molecule is COc1ncc(F)cc1[C@H](C)n1cc(NC(=O)[C@@H](NC(=O)OC(C)(C)C)C(C2CC2)C2CC2)cn1. The van der Waals surface area contributed by atoms with Gasteiger partial charge in [-0.1, -0.05) is 0 Å². The van der Waals surface area contributed by atoms with Gasteiger partial charge in [-0.2, -0.15) is 5.10 Å². The van der Waals surface area contributed by atoms with Crippen molar-refractivity contribution in [3.8, 4) is 5.88 Å². The van der Waals surface area contributed by atoms with E-state index in [1.165, 1.54) is 19.4 Å². The van der Waals surface area contributed by atoms with Crippen molar-refractivity contribution in [3.63, 3.8) is 0 Å². The van der Waals surface area contributed by atoms with Crippen LogP contribution in [0.5, 0.6) is 5.88 Å². The Balaban J connectivity index is 1.50. The minimum atomic E-state index is -0.696. The zero-order chi connectivity index (χ0) is 25.3. The number of hydrogen-bond donors (Lipinski definition) is 2. The molecule has 2 atom stereocenters. The lowest BCUT2D eigenvalue weighted by molar-refractivity contribution is -0.120. The van der Waals surface area contributed by atoms with Crippen LogP contribution in [-0.4, -0.2) is 45.5 Å². The fourth-order valence-electron chi connectivity index (χ4n) is 4.55. The second-order valence-corrected chi connectivity index (χ2v) is 10.5. The molecule has 0 unspecified atom stereocenters. The van der Waals surface area contributed by atoms with Gasteiger partial charge in [0.05, 0.1) is 31.2 Å². The first-order valence-corrected chi connectivity index (χ1v) is 12.1. The first-order chi connectivity index (χ1) is 16.6. The quantitative estimate of drug-likeness (QED) is 0.546. The first kappa shape index (κ1) is 24.9. The topological polar surface area (TPSA) is 107 Å². The highest BCUT2D eigenvalue weighted by Crippen LogP contribution is 2.51. The maximum atomic E-state index is 13.8. The third kappa shape index (κ3) is 6.29. The number of hydrogen-bond acceptors (Lipinski definition) is 6. The number of aromatic nitrogens is 3. The number of halogens is 1. The normalized spacial score (nSPS) is 17.6. The molecule has 190 valence electrons. The zero-order valence-corrected chi connectivity index (χ0v) is 20.9. The molecule has 2 aromatic rings. The van der Waals surface area contributed by atoms with Crippen molar-refractivity contribution in [2.24, 2.45) is 17.8 Å². The number of ether oxygens (including phenoxy) is 2. The van der Waals surface area contributed by atoms with Crippen LogP contribution < -0.4 is 15.4 Å². The highest BCUT2D eigenvalue weighted by molar-refractivity contribution is 5.96. The Morgan fingerprint density at radius 2 is 1.83 bits per heavy atom. The third-order valence-corrected chi connectivity index (χ3v) is 6.43. The van der Waals surface area contributed by atoms with Crippen molar-refractivity contribution in [2.75, 3.05) is 12.4 Å². The molecule has 0 radical (unpaired) electrons. The lowest BCUT2D eigenvalue weighted by Crippen LogP contribution is -2.51. The molecule has 0 bridgehead atoms. The van der Waals surface area contributed by atoms with Crippen molar-refractivity contribution >= 4 is 17.7 Å². The van der Waals surface area contributed by atoms with Crippen LogP contribution in [-0.2, 0) is 9.53 Å². The number of carbonyl (C=O) groups is 2. The van der Waals surface area contributed by atoms with Crippen LogP contribution in [0.4, 0.5) is 14.9 Å². The number of alkyl carbamates (subject to hydrolysis) is 1. The lowest BCUT2D eigenvalue weighted by atomic mass is 9.89.